The third-order valence-electron chi connectivity index (χ3n) is 3.89. The second kappa shape index (κ2) is 6.86. The summed E-state index contributed by atoms with van der Waals surface area (Å²) in [6, 6.07) is 14.1. The van der Waals surface area contributed by atoms with Crippen molar-refractivity contribution in [2.45, 2.75) is 46.6 Å². The number of hydrogen-bond acceptors (Lipinski definition) is 1. The molecule has 0 saturated heterocycles. The van der Waals surface area contributed by atoms with Gasteiger partial charge in [0.2, 0.25) is 0 Å². The molecule has 2 aromatic rings. The van der Waals surface area contributed by atoms with Crippen molar-refractivity contribution in [2.75, 3.05) is 5.32 Å². The quantitative estimate of drug-likeness (QED) is 0.830. The number of para-hydroxylation sites is 1. The lowest BCUT2D eigenvalue weighted by Gasteiger charge is -2.24. The Morgan fingerprint density at radius 1 is 1.00 bits per heavy atom. The SMILES string of the molecule is Cc1ccc(CNC(=O)Nc2c(C)cccc2C(C)(C)C)cc1. The van der Waals surface area contributed by atoms with Gasteiger partial charge in [-0.15, -0.1) is 0 Å². The van der Waals surface area contributed by atoms with Crippen LogP contribution in [0.5, 0.6) is 0 Å². The second-order valence-electron chi connectivity index (χ2n) is 7.04. The van der Waals surface area contributed by atoms with E-state index in [1.807, 2.05) is 43.3 Å². The topological polar surface area (TPSA) is 41.1 Å². The van der Waals surface area contributed by atoms with Crippen LogP contribution >= 0.6 is 0 Å². The number of aryl methyl sites for hydroxylation is 2. The highest BCUT2D eigenvalue weighted by Crippen LogP contribution is 2.31. The fourth-order valence-electron chi connectivity index (χ4n) is 2.50. The lowest BCUT2D eigenvalue weighted by atomic mass is 9.84. The van der Waals surface area contributed by atoms with Crippen LogP contribution in [0, 0.1) is 13.8 Å². The van der Waals surface area contributed by atoms with Crippen LogP contribution in [0.15, 0.2) is 42.5 Å². The van der Waals surface area contributed by atoms with Crippen molar-refractivity contribution in [3.8, 4) is 0 Å². The van der Waals surface area contributed by atoms with Gasteiger partial charge in [-0.25, -0.2) is 4.79 Å². The highest BCUT2D eigenvalue weighted by atomic mass is 16.2. The molecule has 0 atom stereocenters. The van der Waals surface area contributed by atoms with Crippen LogP contribution in [0.2, 0.25) is 0 Å². The maximum atomic E-state index is 12.3. The van der Waals surface area contributed by atoms with Gasteiger partial charge in [0.15, 0.2) is 0 Å². The molecule has 0 unspecified atom stereocenters. The van der Waals surface area contributed by atoms with Crippen LogP contribution in [0.25, 0.3) is 0 Å². The van der Waals surface area contributed by atoms with Crippen molar-refractivity contribution in [3.63, 3.8) is 0 Å². The first-order valence-electron chi connectivity index (χ1n) is 7.98. The third-order valence-corrected chi connectivity index (χ3v) is 3.89. The Morgan fingerprint density at radius 2 is 1.65 bits per heavy atom. The summed E-state index contributed by atoms with van der Waals surface area (Å²) in [6.45, 7) is 11.0. The van der Waals surface area contributed by atoms with Crippen LogP contribution < -0.4 is 10.6 Å². The second-order valence-corrected chi connectivity index (χ2v) is 7.04. The molecule has 23 heavy (non-hydrogen) atoms. The van der Waals surface area contributed by atoms with Crippen LogP contribution in [-0.2, 0) is 12.0 Å². The molecule has 3 heteroatoms. The lowest BCUT2D eigenvalue weighted by Crippen LogP contribution is -2.30. The van der Waals surface area contributed by atoms with E-state index in [9.17, 15) is 4.79 Å². The maximum absolute atomic E-state index is 12.3. The molecule has 2 aromatic carbocycles. The Labute approximate surface area is 139 Å². The number of benzene rings is 2. The summed E-state index contributed by atoms with van der Waals surface area (Å²) in [4.78, 5) is 12.3. The molecular formula is C20H26N2O. The van der Waals surface area contributed by atoms with Crippen molar-refractivity contribution >= 4 is 11.7 Å². The van der Waals surface area contributed by atoms with Gasteiger partial charge in [-0.2, -0.15) is 0 Å². The predicted octanol–water partition coefficient (Wildman–Crippen LogP) is 4.92. The molecule has 2 rings (SSSR count). The van der Waals surface area contributed by atoms with Crippen molar-refractivity contribution in [3.05, 3.63) is 64.7 Å². The minimum atomic E-state index is -0.176. The summed E-state index contributed by atoms with van der Waals surface area (Å²) >= 11 is 0. The normalized spacial score (nSPS) is 11.2. The highest BCUT2D eigenvalue weighted by Gasteiger charge is 2.20. The van der Waals surface area contributed by atoms with E-state index in [1.54, 1.807) is 0 Å². The van der Waals surface area contributed by atoms with Gasteiger partial charge in [-0.05, 0) is 36.0 Å². The molecule has 0 spiro atoms. The lowest BCUT2D eigenvalue weighted by molar-refractivity contribution is 0.251. The Balaban J connectivity index is 2.07. The van der Waals surface area contributed by atoms with Crippen molar-refractivity contribution in [1.29, 1.82) is 0 Å². The molecule has 0 bridgehead atoms. The fourth-order valence-corrected chi connectivity index (χ4v) is 2.50. The molecule has 0 aliphatic rings. The number of rotatable bonds is 3. The molecule has 0 radical (unpaired) electrons. The number of amides is 2. The van der Waals surface area contributed by atoms with Crippen molar-refractivity contribution in [2.24, 2.45) is 0 Å². The summed E-state index contributed by atoms with van der Waals surface area (Å²) in [5, 5.41) is 5.94. The Bertz CT molecular complexity index is 682. The number of hydrogen-bond donors (Lipinski definition) is 2. The summed E-state index contributed by atoms with van der Waals surface area (Å²) in [5.41, 5.74) is 5.40. The van der Waals surface area contributed by atoms with Gasteiger partial charge in [-0.3, -0.25) is 0 Å². The molecule has 2 N–H and O–H groups in total. The molecule has 0 aliphatic carbocycles. The van der Waals surface area contributed by atoms with Crippen LogP contribution in [0.4, 0.5) is 10.5 Å². The monoisotopic (exact) mass is 310 g/mol. The van der Waals surface area contributed by atoms with Crippen molar-refractivity contribution < 1.29 is 4.79 Å². The van der Waals surface area contributed by atoms with Crippen LogP contribution in [0.1, 0.15) is 43.0 Å². The number of carbonyl (C=O) groups excluding carboxylic acids is 1. The molecule has 0 aliphatic heterocycles. The molecule has 122 valence electrons. The van der Waals surface area contributed by atoms with E-state index in [0.29, 0.717) is 6.54 Å². The minimum Gasteiger partial charge on any atom is -0.334 e. The van der Waals surface area contributed by atoms with Gasteiger partial charge in [0.25, 0.3) is 0 Å². The van der Waals surface area contributed by atoms with Crippen LogP contribution in [-0.4, -0.2) is 6.03 Å². The van der Waals surface area contributed by atoms with E-state index in [1.165, 1.54) is 5.56 Å². The van der Waals surface area contributed by atoms with Crippen molar-refractivity contribution in [1.82, 2.24) is 5.32 Å². The smallest absolute Gasteiger partial charge is 0.319 e. The highest BCUT2D eigenvalue weighted by molar-refractivity contribution is 5.91. The molecule has 0 fully saturated rings. The Kier molecular flexibility index (Phi) is 5.09. The number of anilines is 1. The summed E-state index contributed by atoms with van der Waals surface area (Å²) in [5.74, 6) is 0. The number of carbonyl (C=O) groups is 1. The largest absolute Gasteiger partial charge is 0.334 e. The van der Waals surface area contributed by atoms with E-state index >= 15 is 0 Å². The summed E-state index contributed by atoms with van der Waals surface area (Å²) < 4.78 is 0. The minimum absolute atomic E-state index is 0.0222. The summed E-state index contributed by atoms with van der Waals surface area (Å²) in [7, 11) is 0. The van der Waals surface area contributed by atoms with Gasteiger partial charge >= 0.3 is 6.03 Å². The Morgan fingerprint density at radius 3 is 2.26 bits per heavy atom. The van der Waals surface area contributed by atoms with Gasteiger partial charge in [0, 0.05) is 12.2 Å². The van der Waals surface area contributed by atoms with E-state index in [4.69, 9.17) is 0 Å². The molecule has 2 amide bonds. The first-order chi connectivity index (χ1) is 10.8. The van der Waals surface area contributed by atoms with Gasteiger partial charge < -0.3 is 10.6 Å². The maximum Gasteiger partial charge on any atom is 0.319 e. The Hall–Kier alpha value is -2.29. The first kappa shape index (κ1) is 17.1. The fraction of sp³-hybridized carbons (Fsp3) is 0.350. The van der Waals surface area contributed by atoms with Gasteiger partial charge in [-0.1, -0.05) is 68.8 Å². The van der Waals surface area contributed by atoms with Gasteiger partial charge in [0.1, 0.15) is 0 Å². The van der Waals surface area contributed by atoms with E-state index in [2.05, 4.69) is 44.4 Å². The standard InChI is InChI=1S/C20H26N2O/c1-14-9-11-16(12-10-14)13-21-19(23)22-18-15(2)7-6-8-17(18)20(3,4)5/h6-12H,13H2,1-5H3,(H2,21,22,23). The zero-order chi connectivity index (χ0) is 17.0. The first-order valence-corrected chi connectivity index (χ1v) is 7.98. The molecule has 0 heterocycles. The molecule has 0 aromatic heterocycles. The predicted molar refractivity (Wildman–Crippen MR) is 96.9 cm³/mol. The zero-order valence-corrected chi connectivity index (χ0v) is 14.7. The number of nitrogens with one attached hydrogen (secondary N) is 2. The van der Waals surface area contributed by atoms with Crippen LogP contribution in [0.3, 0.4) is 0 Å². The average molecular weight is 310 g/mol. The molecule has 3 nitrogen and oxygen atoms in total. The zero-order valence-electron chi connectivity index (χ0n) is 14.7. The van der Waals surface area contributed by atoms with Gasteiger partial charge in [0.05, 0.1) is 0 Å². The van der Waals surface area contributed by atoms with E-state index < -0.39 is 0 Å². The van der Waals surface area contributed by atoms with E-state index in [-0.39, 0.29) is 11.4 Å². The summed E-state index contributed by atoms with van der Waals surface area (Å²) in [6.07, 6.45) is 0. The molecule has 0 saturated carbocycles. The molecular weight excluding hydrogens is 284 g/mol. The van der Waals surface area contributed by atoms with E-state index in [0.717, 1.165) is 22.4 Å². The average Bonchev–Trinajstić information content (AvgIpc) is 2.47. The third kappa shape index (κ3) is 4.59. The number of urea groups is 1.